The lowest BCUT2D eigenvalue weighted by atomic mass is 10.0. The van der Waals surface area contributed by atoms with Gasteiger partial charge in [0.25, 0.3) is 5.91 Å². The Balaban J connectivity index is 1.74. The lowest BCUT2D eigenvalue weighted by molar-refractivity contribution is -0.113. The molecule has 0 unspecified atom stereocenters. The van der Waals surface area contributed by atoms with Crippen molar-refractivity contribution in [2.24, 2.45) is 0 Å². The zero-order valence-electron chi connectivity index (χ0n) is 15.9. The van der Waals surface area contributed by atoms with Crippen LogP contribution in [0.15, 0.2) is 47.2 Å². The number of halogens is 1. The van der Waals surface area contributed by atoms with E-state index in [1.807, 2.05) is 24.4 Å². The molecule has 29 heavy (non-hydrogen) atoms. The maximum atomic E-state index is 13.4. The van der Waals surface area contributed by atoms with Crippen LogP contribution in [0.5, 0.6) is 11.5 Å². The number of amides is 1. The maximum Gasteiger partial charge on any atom is 0.256 e. The summed E-state index contributed by atoms with van der Waals surface area (Å²) in [6.07, 6.45) is 1.46. The Morgan fingerprint density at radius 1 is 1.31 bits per heavy atom. The molecule has 0 spiro atoms. The Hall–Kier alpha value is -3.04. The Kier molecular flexibility index (Phi) is 5.16. The highest BCUT2D eigenvalue weighted by atomic mass is 35.5. The highest BCUT2D eigenvalue weighted by Gasteiger charge is 2.34. The third kappa shape index (κ3) is 3.43. The Labute approximate surface area is 176 Å². The van der Waals surface area contributed by atoms with E-state index in [2.05, 4.69) is 20.7 Å². The molecule has 0 bridgehead atoms. The van der Waals surface area contributed by atoms with E-state index in [9.17, 15) is 4.79 Å². The Morgan fingerprint density at radius 3 is 2.79 bits per heavy atom. The molecule has 1 aromatic carbocycles. The van der Waals surface area contributed by atoms with Crippen LogP contribution in [-0.4, -0.2) is 34.9 Å². The molecular weight excluding hydrogens is 414 g/mol. The van der Waals surface area contributed by atoms with Gasteiger partial charge in [0, 0.05) is 22.7 Å². The number of fused-ring (bicyclic) bond motifs is 1. The summed E-state index contributed by atoms with van der Waals surface area (Å²) in [5.74, 6) is 1.16. The van der Waals surface area contributed by atoms with Gasteiger partial charge in [-0.2, -0.15) is 10.1 Å². The molecule has 2 N–H and O–H groups in total. The number of thiophene rings is 1. The summed E-state index contributed by atoms with van der Waals surface area (Å²) in [6.45, 7) is 1.84. The van der Waals surface area contributed by atoms with Crippen LogP contribution >= 0.6 is 22.9 Å². The average molecular weight is 432 g/mol. The normalized spacial score (nSPS) is 15.5. The highest BCUT2D eigenvalue weighted by molar-refractivity contribution is 7.10. The van der Waals surface area contributed by atoms with Crippen LogP contribution in [0.3, 0.4) is 0 Å². The summed E-state index contributed by atoms with van der Waals surface area (Å²) in [6, 6.07) is 6.75. The van der Waals surface area contributed by atoms with E-state index in [1.165, 1.54) is 20.5 Å². The first kappa shape index (κ1) is 19.3. The number of rotatable bonds is 5. The molecule has 0 aliphatic carbocycles. The summed E-state index contributed by atoms with van der Waals surface area (Å²) in [5.41, 5.74) is 1.68. The average Bonchev–Trinajstić information content (AvgIpc) is 3.39. The zero-order valence-corrected chi connectivity index (χ0v) is 17.5. The lowest BCUT2D eigenvalue weighted by Gasteiger charge is -2.28. The van der Waals surface area contributed by atoms with Crippen molar-refractivity contribution in [2.75, 3.05) is 24.9 Å². The topological polar surface area (TPSA) is 90.3 Å². The molecule has 2 aromatic heterocycles. The molecule has 1 aliphatic heterocycles. The summed E-state index contributed by atoms with van der Waals surface area (Å²) in [7, 11) is 3.02. The molecule has 1 atom stereocenters. The zero-order chi connectivity index (χ0) is 20.5. The monoisotopic (exact) mass is 431 g/mol. The Bertz CT molecular complexity index is 1090. The van der Waals surface area contributed by atoms with Crippen LogP contribution in [0, 0.1) is 0 Å². The van der Waals surface area contributed by atoms with Crippen molar-refractivity contribution in [1.82, 2.24) is 14.8 Å². The smallest absolute Gasteiger partial charge is 0.256 e. The van der Waals surface area contributed by atoms with E-state index >= 15 is 0 Å². The molecule has 0 saturated carbocycles. The molecule has 8 nitrogen and oxygen atoms in total. The van der Waals surface area contributed by atoms with E-state index in [0.717, 1.165) is 4.88 Å². The van der Waals surface area contributed by atoms with Crippen molar-refractivity contribution >= 4 is 40.5 Å². The predicted molar refractivity (Wildman–Crippen MR) is 112 cm³/mol. The Morgan fingerprint density at radius 2 is 2.10 bits per heavy atom. The van der Waals surface area contributed by atoms with Crippen molar-refractivity contribution in [2.45, 2.75) is 13.0 Å². The molecule has 1 amide bonds. The molecule has 0 fully saturated rings. The number of carbonyl (C=O) groups is 1. The predicted octanol–water partition coefficient (Wildman–Crippen LogP) is 3.94. The summed E-state index contributed by atoms with van der Waals surface area (Å²) < 4.78 is 12.3. The molecule has 150 valence electrons. The van der Waals surface area contributed by atoms with E-state index in [4.69, 9.17) is 21.1 Å². The molecule has 10 heteroatoms. The summed E-state index contributed by atoms with van der Waals surface area (Å²) in [5, 5.41) is 12.7. The van der Waals surface area contributed by atoms with Gasteiger partial charge in [-0.3, -0.25) is 4.79 Å². The van der Waals surface area contributed by atoms with Crippen LogP contribution in [0.4, 0.5) is 11.6 Å². The van der Waals surface area contributed by atoms with Gasteiger partial charge in [0.2, 0.25) is 5.95 Å². The van der Waals surface area contributed by atoms with E-state index in [1.54, 1.807) is 28.2 Å². The first-order chi connectivity index (χ1) is 14.0. The second kappa shape index (κ2) is 7.76. The van der Waals surface area contributed by atoms with Gasteiger partial charge >= 0.3 is 0 Å². The van der Waals surface area contributed by atoms with Crippen LogP contribution in [0.25, 0.3) is 0 Å². The lowest BCUT2D eigenvalue weighted by Crippen LogP contribution is -2.31. The van der Waals surface area contributed by atoms with Gasteiger partial charge in [-0.15, -0.1) is 11.3 Å². The first-order valence-corrected chi connectivity index (χ1v) is 9.92. The standard InChI is InChI=1S/C19H18ClN5O3S/c1-10-16(17(15-5-4-6-29-15)25-19(23-10)21-9-22-25)18(26)24-12-8-13(27-2)11(20)7-14(12)28-3/h4-9,17H,1-3H3,(H,24,26)(H,21,22,23)/t17-/m0/s1. The number of hydrogen-bond acceptors (Lipinski definition) is 7. The number of ether oxygens (including phenoxy) is 2. The molecule has 0 radical (unpaired) electrons. The maximum absolute atomic E-state index is 13.4. The molecule has 3 aromatic rings. The van der Waals surface area contributed by atoms with Gasteiger partial charge in [-0.05, 0) is 18.4 Å². The minimum Gasteiger partial charge on any atom is -0.495 e. The molecule has 1 aliphatic rings. The van der Waals surface area contributed by atoms with E-state index in [-0.39, 0.29) is 5.91 Å². The minimum atomic E-state index is -0.394. The van der Waals surface area contributed by atoms with Gasteiger partial charge in [-0.1, -0.05) is 17.7 Å². The first-order valence-electron chi connectivity index (χ1n) is 8.67. The fourth-order valence-corrected chi connectivity index (χ4v) is 4.29. The molecular formula is C19H18ClN5O3S. The van der Waals surface area contributed by atoms with Gasteiger partial charge in [-0.25, -0.2) is 4.68 Å². The van der Waals surface area contributed by atoms with Gasteiger partial charge in [0.05, 0.1) is 30.5 Å². The van der Waals surface area contributed by atoms with Gasteiger partial charge < -0.3 is 20.1 Å². The van der Waals surface area contributed by atoms with Crippen LogP contribution in [0.2, 0.25) is 5.02 Å². The van der Waals surface area contributed by atoms with Crippen LogP contribution < -0.4 is 20.1 Å². The number of aromatic nitrogens is 3. The SMILES string of the molecule is COc1cc(NC(=O)C2=C(C)Nc3ncnn3[C@H]2c2cccs2)c(OC)cc1Cl. The molecule has 3 heterocycles. The largest absolute Gasteiger partial charge is 0.495 e. The number of anilines is 2. The van der Waals surface area contributed by atoms with E-state index in [0.29, 0.717) is 39.4 Å². The fourth-order valence-electron chi connectivity index (χ4n) is 3.24. The quantitative estimate of drug-likeness (QED) is 0.636. The number of nitrogens with one attached hydrogen (secondary N) is 2. The fraction of sp³-hybridized carbons (Fsp3) is 0.211. The number of carbonyl (C=O) groups excluding carboxylic acids is 1. The van der Waals surface area contributed by atoms with Crippen molar-refractivity contribution in [3.63, 3.8) is 0 Å². The molecule has 0 saturated heterocycles. The van der Waals surface area contributed by atoms with E-state index < -0.39 is 6.04 Å². The minimum absolute atomic E-state index is 0.294. The van der Waals surface area contributed by atoms with Crippen molar-refractivity contribution in [1.29, 1.82) is 0 Å². The summed E-state index contributed by atoms with van der Waals surface area (Å²) >= 11 is 7.72. The van der Waals surface area contributed by atoms with Crippen molar-refractivity contribution in [3.05, 3.63) is 57.1 Å². The number of methoxy groups -OCH3 is 2. The number of hydrogen-bond donors (Lipinski definition) is 2. The summed E-state index contributed by atoms with van der Waals surface area (Å²) in [4.78, 5) is 18.6. The number of benzene rings is 1. The van der Waals surface area contributed by atoms with Crippen LogP contribution in [0.1, 0.15) is 17.8 Å². The van der Waals surface area contributed by atoms with Crippen molar-refractivity contribution in [3.8, 4) is 11.5 Å². The number of nitrogens with zero attached hydrogens (tertiary/aromatic N) is 3. The third-order valence-corrected chi connectivity index (χ3v) is 5.79. The van der Waals surface area contributed by atoms with Gasteiger partial charge in [0.15, 0.2) is 0 Å². The molecule has 4 rings (SSSR count). The second-order valence-electron chi connectivity index (χ2n) is 6.25. The highest BCUT2D eigenvalue weighted by Crippen LogP contribution is 2.39. The second-order valence-corrected chi connectivity index (χ2v) is 7.64. The van der Waals surface area contributed by atoms with Crippen LogP contribution in [-0.2, 0) is 4.79 Å². The third-order valence-electron chi connectivity index (χ3n) is 4.57. The number of allylic oxidation sites excluding steroid dienone is 1. The van der Waals surface area contributed by atoms with Gasteiger partial charge in [0.1, 0.15) is 23.9 Å². The van der Waals surface area contributed by atoms with Crippen molar-refractivity contribution < 1.29 is 14.3 Å².